The zero-order valence-electron chi connectivity index (χ0n) is 8.77. The maximum Gasteiger partial charge on any atom is 0.124 e. The monoisotopic (exact) mass is 232 g/mol. The maximum absolute atomic E-state index is 5.77. The van der Waals surface area contributed by atoms with Crippen molar-refractivity contribution in [3.05, 3.63) is 34.8 Å². The van der Waals surface area contributed by atoms with Gasteiger partial charge in [0.1, 0.15) is 5.01 Å². The molecule has 0 saturated carbocycles. The van der Waals surface area contributed by atoms with Gasteiger partial charge in [0.2, 0.25) is 0 Å². The minimum absolute atomic E-state index is 0.704. The van der Waals surface area contributed by atoms with E-state index in [1.807, 2.05) is 24.3 Å². The van der Waals surface area contributed by atoms with Crippen LogP contribution in [0.2, 0.25) is 0 Å². The lowest BCUT2D eigenvalue weighted by Gasteiger charge is -2.08. The molecule has 1 aromatic heterocycles. The van der Waals surface area contributed by atoms with E-state index in [0.717, 1.165) is 29.3 Å². The summed E-state index contributed by atoms with van der Waals surface area (Å²) in [7, 11) is 0. The molecule has 3 rings (SSSR count). The number of thiazole rings is 1. The molecule has 0 radical (unpaired) electrons. The van der Waals surface area contributed by atoms with Gasteiger partial charge in [-0.1, -0.05) is 12.1 Å². The third-order valence-corrected chi connectivity index (χ3v) is 3.75. The van der Waals surface area contributed by atoms with Crippen molar-refractivity contribution >= 4 is 17.0 Å². The van der Waals surface area contributed by atoms with E-state index in [0.29, 0.717) is 6.61 Å². The summed E-state index contributed by atoms with van der Waals surface area (Å²) in [6.07, 6.45) is 0.925. The Bertz CT molecular complexity index is 498. The van der Waals surface area contributed by atoms with Crippen molar-refractivity contribution < 1.29 is 4.74 Å². The first-order chi connectivity index (χ1) is 7.83. The first-order valence-corrected chi connectivity index (χ1v) is 6.07. The number of nitrogen functional groups attached to an aromatic ring is 1. The summed E-state index contributed by atoms with van der Waals surface area (Å²) in [5.74, 6) is 0. The molecule has 0 amide bonds. The van der Waals surface area contributed by atoms with Gasteiger partial charge in [0.05, 0.1) is 23.8 Å². The van der Waals surface area contributed by atoms with Gasteiger partial charge in [-0.3, -0.25) is 0 Å². The van der Waals surface area contributed by atoms with Crippen molar-refractivity contribution in [3.63, 3.8) is 0 Å². The fraction of sp³-hybridized carbons (Fsp3) is 0.250. The minimum Gasteiger partial charge on any atom is -0.399 e. The van der Waals surface area contributed by atoms with Gasteiger partial charge in [-0.15, -0.1) is 11.3 Å². The smallest absolute Gasteiger partial charge is 0.124 e. The predicted molar refractivity (Wildman–Crippen MR) is 65.3 cm³/mol. The molecule has 0 atom stereocenters. The molecule has 4 heteroatoms. The first-order valence-electron chi connectivity index (χ1n) is 5.25. The normalized spacial score (nSPS) is 14.8. The largest absolute Gasteiger partial charge is 0.399 e. The molecule has 2 aromatic rings. The van der Waals surface area contributed by atoms with Crippen molar-refractivity contribution in [1.82, 2.24) is 4.98 Å². The molecule has 0 fully saturated rings. The van der Waals surface area contributed by atoms with Crippen molar-refractivity contribution in [2.24, 2.45) is 0 Å². The van der Waals surface area contributed by atoms with Gasteiger partial charge in [-0.05, 0) is 12.1 Å². The number of aromatic nitrogens is 1. The topological polar surface area (TPSA) is 48.1 Å². The van der Waals surface area contributed by atoms with E-state index in [-0.39, 0.29) is 0 Å². The number of ether oxygens (including phenoxy) is 1. The number of anilines is 1. The molecule has 0 unspecified atom stereocenters. The van der Waals surface area contributed by atoms with E-state index < -0.39 is 0 Å². The Kier molecular flexibility index (Phi) is 2.38. The maximum atomic E-state index is 5.77. The van der Waals surface area contributed by atoms with Crippen molar-refractivity contribution in [3.8, 4) is 10.6 Å². The van der Waals surface area contributed by atoms with Gasteiger partial charge in [-0.2, -0.15) is 0 Å². The van der Waals surface area contributed by atoms with Crippen molar-refractivity contribution in [2.75, 3.05) is 12.3 Å². The number of nitrogens with zero attached hydrogens (tertiary/aromatic N) is 1. The Morgan fingerprint density at radius 3 is 3.12 bits per heavy atom. The Hall–Kier alpha value is -1.39. The van der Waals surface area contributed by atoms with Crippen LogP contribution in [-0.2, 0) is 17.8 Å². The summed E-state index contributed by atoms with van der Waals surface area (Å²) >= 11 is 1.71. The summed E-state index contributed by atoms with van der Waals surface area (Å²) in [4.78, 5) is 5.90. The standard InChI is InChI=1S/C12H12N2OS/c13-9-3-1-2-8(6-9)12-14-10-4-5-15-7-11(10)16-12/h1-3,6H,4-5,7,13H2. The Balaban J connectivity index is 2.03. The fourth-order valence-corrected chi connectivity index (χ4v) is 2.86. The first kappa shape index (κ1) is 9.81. The van der Waals surface area contributed by atoms with Crippen LogP contribution in [-0.4, -0.2) is 11.6 Å². The molecule has 0 spiro atoms. The molecule has 3 nitrogen and oxygen atoms in total. The van der Waals surface area contributed by atoms with Crippen LogP contribution in [0, 0.1) is 0 Å². The molecule has 2 N–H and O–H groups in total. The van der Waals surface area contributed by atoms with Crippen molar-refractivity contribution in [1.29, 1.82) is 0 Å². The zero-order valence-corrected chi connectivity index (χ0v) is 9.59. The van der Waals surface area contributed by atoms with Crippen LogP contribution in [0.3, 0.4) is 0 Å². The third kappa shape index (κ3) is 1.70. The molecular weight excluding hydrogens is 220 g/mol. The van der Waals surface area contributed by atoms with E-state index in [4.69, 9.17) is 10.5 Å². The molecule has 0 aliphatic carbocycles. The highest BCUT2D eigenvalue weighted by Crippen LogP contribution is 2.31. The highest BCUT2D eigenvalue weighted by molar-refractivity contribution is 7.15. The third-order valence-electron chi connectivity index (χ3n) is 2.63. The lowest BCUT2D eigenvalue weighted by atomic mass is 10.2. The van der Waals surface area contributed by atoms with Gasteiger partial charge >= 0.3 is 0 Å². The van der Waals surface area contributed by atoms with Crippen LogP contribution >= 0.6 is 11.3 Å². The summed E-state index contributed by atoms with van der Waals surface area (Å²) in [6.45, 7) is 1.49. The average Bonchev–Trinajstić information content (AvgIpc) is 2.72. The Labute approximate surface area is 97.9 Å². The van der Waals surface area contributed by atoms with Gasteiger partial charge in [-0.25, -0.2) is 4.98 Å². The summed E-state index contributed by atoms with van der Waals surface area (Å²) < 4.78 is 5.41. The summed E-state index contributed by atoms with van der Waals surface area (Å²) in [6, 6.07) is 7.86. The SMILES string of the molecule is Nc1cccc(-c2nc3c(s2)COCC3)c1. The van der Waals surface area contributed by atoms with Gasteiger partial charge < -0.3 is 10.5 Å². The van der Waals surface area contributed by atoms with E-state index in [9.17, 15) is 0 Å². The van der Waals surface area contributed by atoms with E-state index in [2.05, 4.69) is 4.98 Å². The molecular formula is C12H12N2OS. The van der Waals surface area contributed by atoms with Crippen LogP contribution in [0.4, 0.5) is 5.69 Å². The second-order valence-electron chi connectivity index (χ2n) is 3.82. The Morgan fingerprint density at radius 2 is 2.31 bits per heavy atom. The predicted octanol–water partition coefficient (Wildman–Crippen LogP) is 2.47. The van der Waals surface area contributed by atoms with Gasteiger partial charge in [0.25, 0.3) is 0 Å². The number of hydrogen-bond acceptors (Lipinski definition) is 4. The average molecular weight is 232 g/mol. The second-order valence-corrected chi connectivity index (χ2v) is 4.90. The van der Waals surface area contributed by atoms with Crippen LogP contribution in [0.15, 0.2) is 24.3 Å². The summed E-state index contributed by atoms with van der Waals surface area (Å²) in [5, 5.41) is 1.04. The van der Waals surface area contributed by atoms with E-state index in [1.54, 1.807) is 11.3 Å². The lowest BCUT2D eigenvalue weighted by Crippen LogP contribution is -2.07. The number of fused-ring (bicyclic) bond motifs is 1. The molecule has 16 heavy (non-hydrogen) atoms. The zero-order chi connectivity index (χ0) is 11.0. The highest BCUT2D eigenvalue weighted by Gasteiger charge is 2.16. The van der Waals surface area contributed by atoms with Crippen LogP contribution in [0.5, 0.6) is 0 Å². The van der Waals surface area contributed by atoms with E-state index >= 15 is 0 Å². The second kappa shape index (κ2) is 3.88. The lowest BCUT2D eigenvalue weighted by molar-refractivity contribution is 0.112. The highest BCUT2D eigenvalue weighted by atomic mass is 32.1. The number of nitrogens with two attached hydrogens (primary N) is 1. The molecule has 1 aliphatic heterocycles. The van der Waals surface area contributed by atoms with Crippen LogP contribution < -0.4 is 5.73 Å². The number of benzene rings is 1. The van der Waals surface area contributed by atoms with Crippen LogP contribution in [0.1, 0.15) is 10.6 Å². The molecule has 1 aromatic carbocycles. The summed E-state index contributed by atoms with van der Waals surface area (Å²) in [5.41, 5.74) is 8.84. The van der Waals surface area contributed by atoms with Crippen LogP contribution in [0.25, 0.3) is 10.6 Å². The number of rotatable bonds is 1. The fourth-order valence-electron chi connectivity index (χ4n) is 1.82. The molecule has 1 aliphatic rings. The minimum atomic E-state index is 0.704. The van der Waals surface area contributed by atoms with Gasteiger partial charge in [0.15, 0.2) is 0 Å². The van der Waals surface area contributed by atoms with Gasteiger partial charge in [0, 0.05) is 17.7 Å². The molecule has 0 bridgehead atoms. The number of hydrogen-bond donors (Lipinski definition) is 1. The van der Waals surface area contributed by atoms with E-state index in [1.165, 1.54) is 10.6 Å². The van der Waals surface area contributed by atoms with Crippen molar-refractivity contribution in [2.45, 2.75) is 13.0 Å². The molecule has 0 saturated heterocycles. The molecule has 2 heterocycles. The Morgan fingerprint density at radius 1 is 1.38 bits per heavy atom. The quantitative estimate of drug-likeness (QED) is 0.768. The molecule has 82 valence electrons.